The number of aliphatic hydroxyl groups is 1. The van der Waals surface area contributed by atoms with Crippen molar-refractivity contribution in [2.45, 2.75) is 45.9 Å². The van der Waals surface area contributed by atoms with Gasteiger partial charge in [-0.2, -0.15) is 5.10 Å². The molecule has 0 aliphatic rings. The number of aromatic nitrogens is 2. The van der Waals surface area contributed by atoms with E-state index in [1.807, 2.05) is 13.1 Å². The highest BCUT2D eigenvalue weighted by atomic mass is 28.3. The molecule has 92 valence electrons. The van der Waals surface area contributed by atoms with Crippen molar-refractivity contribution in [2.24, 2.45) is 0 Å². The van der Waals surface area contributed by atoms with Crippen LogP contribution in [0, 0.1) is 6.92 Å². The Morgan fingerprint density at radius 3 is 2.62 bits per heavy atom. The molecule has 0 saturated heterocycles. The first-order valence-electron chi connectivity index (χ1n) is 5.64. The summed E-state index contributed by atoms with van der Waals surface area (Å²) in [5.74, 6) is 0. The summed E-state index contributed by atoms with van der Waals surface area (Å²) >= 11 is 0. The maximum Gasteiger partial charge on any atom is 0.139 e. The molecular formula is C11H22N2O2Si. The van der Waals surface area contributed by atoms with E-state index in [1.165, 1.54) is 6.04 Å². The first-order valence-corrected chi connectivity index (χ1v) is 9.34. The summed E-state index contributed by atoms with van der Waals surface area (Å²) in [5, 5.41) is 13.3. The zero-order valence-corrected chi connectivity index (χ0v) is 11.7. The third-order valence-corrected chi connectivity index (χ3v) is 4.14. The summed E-state index contributed by atoms with van der Waals surface area (Å²) in [6, 6.07) is 1.17. The Balaban J connectivity index is 2.32. The van der Waals surface area contributed by atoms with Crippen LogP contribution >= 0.6 is 0 Å². The van der Waals surface area contributed by atoms with Gasteiger partial charge in [-0.15, -0.1) is 0 Å². The van der Waals surface area contributed by atoms with Gasteiger partial charge < -0.3 is 9.84 Å². The molecule has 0 aromatic carbocycles. The lowest BCUT2D eigenvalue weighted by molar-refractivity contribution is 0.0783. The van der Waals surface area contributed by atoms with E-state index >= 15 is 0 Å². The summed E-state index contributed by atoms with van der Waals surface area (Å²) in [6.45, 7) is 10.2. The van der Waals surface area contributed by atoms with E-state index < -0.39 is 8.07 Å². The Bertz CT molecular complexity index is 331. The Labute approximate surface area is 98.2 Å². The average Bonchev–Trinajstić information content (AvgIpc) is 2.52. The number of ether oxygens (including phenoxy) is 1. The number of aryl methyl sites for hydroxylation is 1. The van der Waals surface area contributed by atoms with Crippen molar-refractivity contribution in [1.82, 2.24) is 9.78 Å². The van der Waals surface area contributed by atoms with Gasteiger partial charge in [0.2, 0.25) is 0 Å². The zero-order valence-electron chi connectivity index (χ0n) is 10.7. The van der Waals surface area contributed by atoms with E-state index in [0.29, 0.717) is 6.73 Å². The monoisotopic (exact) mass is 242 g/mol. The van der Waals surface area contributed by atoms with Crippen LogP contribution in [-0.4, -0.2) is 29.6 Å². The van der Waals surface area contributed by atoms with Gasteiger partial charge in [-0.1, -0.05) is 19.6 Å². The zero-order chi connectivity index (χ0) is 12.2. The van der Waals surface area contributed by atoms with Crippen molar-refractivity contribution in [2.75, 3.05) is 6.61 Å². The van der Waals surface area contributed by atoms with E-state index in [9.17, 15) is 0 Å². The van der Waals surface area contributed by atoms with Crippen LogP contribution < -0.4 is 0 Å². The lowest BCUT2D eigenvalue weighted by Gasteiger charge is -2.15. The van der Waals surface area contributed by atoms with E-state index in [2.05, 4.69) is 24.7 Å². The minimum atomic E-state index is -1.00. The molecule has 1 aromatic rings. The van der Waals surface area contributed by atoms with Crippen LogP contribution in [0.3, 0.4) is 0 Å². The highest BCUT2D eigenvalue weighted by molar-refractivity contribution is 6.76. The van der Waals surface area contributed by atoms with Crippen LogP contribution in [0.5, 0.6) is 0 Å². The van der Waals surface area contributed by atoms with Crippen LogP contribution in [0.25, 0.3) is 0 Å². The lowest BCUT2D eigenvalue weighted by Crippen LogP contribution is -2.22. The summed E-state index contributed by atoms with van der Waals surface area (Å²) in [4.78, 5) is 0. The molecule has 5 heteroatoms. The van der Waals surface area contributed by atoms with Crippen LogP contribution in [0.4, 0.5) is 0 Å². The average molecular weight is 242 g/mol. The van der Waals surface area contributed by atoms with Crippen molar-refractivity contribution in [3.63, 3.8) is 0 Å². The maximum absolute atomic E-state index is 9.02. The van der Waals surface area contributed by atoms with E-state index in [-0.39, 0.29) is 6.61 Å². The molecule has 1 heterocycles. The van der Waals surface area contributed by atoms with Crippen molar-refractivity contribution >= 4 is 8.07 Å². The van der Waals surface area contributed by atoms with Crippen LogP contribution in [0.1, 0.15) is 11.3 Å². The fourth-order valence-corrected chi connectivity index (χ4v) is 2.07. The molecule has 0 amide bonds. The summed E-state index contributed by atoms with van der Waals surface area (Å²) < 4.78 is 7.30. The van der Waals surface area contributed by atoms with Gasteiger partial charge in [0.1, 0.15) is 6.73 Å². The molecule has 0 atom stereocenters. The van der Waals surface area contributed by atoms with E-state index in [0.717, 1.165) is 17.9 Å². The first kappa shape index (κ1) is 13.4. The Kier molecular flexibility index (Phi) is 4.70. The van der Waals surface area contributed by atoms with E-state index in [4.69, 9.17) is 9.84 Å². The SMILES string of the molecule is Cc1nn(COCC[Si](C)(C)C)cc1CO. The van der Waals surface area contributed by atoms with Crippen molar-refractivity contribution in [3.8, 4) is 0 Å². The van der Waals surface area contributed by atoms with Gasteiger partial charge in [0, 0.05) is 26.4 Å². The van der Waals surface area contributed by atoms with Crippen molar-refractivity contribution < 1.29 is 9.84 Å². The van der Waals surface area contributed by atoms with Gasteiger partial charge in [-0.3, -0.25) is 0 Å². The maximum atomic E-state index is 9.02. The molecule has 0 saturated carbocycles. The van der Waals surface area contributed by atoms with Gasteiger partial charge in [0.25, 0.3) is 0 Å². The Morgan fingerprint density at radius 2 is 2.12 bits per heavy atom. The highest BCUT2D eigenvalue weighted by Gasteiger charge is 2.12. The molecule has 16 heavy (non-hydrogen) atoms. The molecule has 0 fully saturated rings. The molecular weight excluding hydrogens is 220 g/mol. The number of hydrogen-bond acceptors (Lipinski definition) is 3. The fourth-order valence-electron chi connectivity index (χ4n) is 1.32. The van der Waals surface area contributed by atoms with Crippen LogP contribution in [0.15, 0.2) is 6.20 Å². The minimum Gasteiger partial charge on any atom is -0.392 e. The molecule has 0 aliphatic heterocycles. The third-order valence-electron chi connectivity index (χ3n) is 2.44. The molecule has 0 spiro atoms. The summed E-state index contributed by atoms with van der Waals surface area (Å²) in [6.07, 6.45) is 1.84. The Hall–Kier alpha value is -0.653. The number of nitrogens with zero attached hydrogens (tertiary/aromatic N) is 2. The summed E-state index contributed by atoms with van der Waals surface area (Å²) in [5.41, 5.74) is 1.74. The van der Waals surface area contributed by atoms with E-state index in [1.54, 1.807) is 4.68 Å². The predicted molar refractivity (Wildman–Crippen MR) is 67.0 cm³/mol. The van der Waals surface area contributed by atoms with Gasteiger partial charge in [0.05, 0.1) is 12.3 Å². The highest BCUT2D eigenvalue weighted by Crippen LogP contribution is 2.08. The first-order chi connectivity index (χ1) is 7.42. The van der Waals surface area contributed by atoms with Crippen LogP contribution in [0.2, 0.25) is 25.7 Å². The normalized spacial score (nSPS) is 12.1. The molecule has 1 rings (SSSR count). The molecule has 0 aliphatic carbocycles. The second-order valence-corrected chi connectivity index (χ2v) is 10.9. The number of aliphatic hydroxyl groups excluding tert-OH is 1. The molecule has 0 unspecified atom stereocenters. The quantitative estimate of drug-likeness (QED) is 0.613. The standard InChI is InChI=1S/C11H22N2O2Si/c1-10-11(8-14)7-13(12-10)9-15-5-6-16(2,3)4/h7,14H,5-6,8-9H2,1-4H3. The van der Waals surface area contributed by atoms with Gasteiger partial charge in [-0.25, -0.2) is 4.68 Å². The molecule has 1 aromatic heterocycles. The minimum absolute atomic E-state index is 0.0424. The molecule has 1 N–H and O–H groups in total. The number of hydrogen-bond donors (Lipinski definition) is 1. The third kappa shape index (κ3) is 4.47. The van der Waals surface area contributed by atoms with Crippen LogP contribution in [-0.2, 0) is 18.1 Å². The lowest BCUT2D eigenvalue weighted by atomic mass is 10.3. The molecule has 0 radical (unpaired) electrons. The smallest absolute Gasteiger partial charge is 0.139 e. The van der Waals surface area contributed by atoms with Gasteiger partial charge in [-0.05, 0) is 13.0 Å². The topological polar surface area (TPSA) is 47.3 Å². The second-order valence-electron chi connectivity index (χ2n) is 5.29. The second kappa shape index (κ2) is 5.61. The Morgan fingerprint density at radius 1 is 1.44 bits per heavy atom. The van der Waals surface area contributed by atoms with Gasteiger partial charge in [0.15, 0.2) is 0 Å². The van der Waals surface area contributed by atoms with Gasteiger partial charge >= 0.3 is 0 Å². The molecule has 4 nitrogen and oxygen atoms in total. The van der Waals surface area contributed by atoms with Crippen molar-refractivity contribution in [3.05, 3.63) is 17.5 Å². The number of rotatable bonds is 6. The van der Waals surface area contributed by atoms with Crippen molar-refractivity contribution in [1.29, 1.82) is 0 Å². The summed E-state index contributed by atoms with van der Waals surface area (Å²) in [7, 11) is -1.00. The largest absolute Gasteiger partial charge is 0.392 e. The predicted octanol–water partition coefficient (Wildman–Crippen LogP) is 2.00. The molecule has 0 bridgehead atoms. The fraction of sp³-hybridized carbons (Fsp3) is 0.727.